The predicted molar refractivity (Wildman–Crippen MR) is 58.5 cm³/mol. The Balaban J connectivity index is 0.000000163. The molecule has 2 aliphatic carbocycles. The zero-order valence-electron chi connectivity index (χ0n) is 9.85. The van der Waals surface area contributed by atoms with Crippen LogP contribution in [0.2, 0.25) is 0 Å². The van der Waals surface area contributed by atoms with Gasteiger partial charge in [0.15, 0.2) is 0 Å². The van der Waals surface area contributed by atoms with E-state index < -0.39 is 21.0 Å². The second-order valence-corrected chi connectivity index (χ2v) is 6.28. The molecule has 2 bridgehead atoms. The highest BCUT2D eigenvalue weighted by molar-refractivity contribution is 7.86. The van der Waals surface area contributed by atoms with Gasteiger partial charge >= 0.3 is 15.6 Å². The third kappa shape index (κ3) is 2.12. The molecular formula is C10H10F3NO5S. The molecule has 1 spiro atoms. The molecule has 10 heteroatoms. The normalized spacial score (nSPS) is 29.8. The molecule has 0 aromatic carbocycles. The third-order valence-corrected chi connectivity index (χ3v) is 4.30. The molecule has 1 heterocycles. The highest BCUT2D eigenvalue weighted by Crippen LogP contribution is 2.55. The lowest BCUT2D eigenvalue weighted by atomic mass is 9.69. The second-order valence-electron chi connectivity index (χ2n) is 4.87. The summed E-state index contributed by atoms with van der Waals surface area (Å²) in [6.07, 6.45) is 5.91. The minimum Gasteiger partial charge on any atom is -0.295 e. The summed E-state index contributed by atoms with van der Waals surface area (Å²) in [6.45, 7) is 0. The summed E-state index contributed by atoms with van der Waals surface area (Å²) in [5, 5.41) is 2.31. The number of hydrogen-bond donors (Lipinski definition) is 2. The van der Waals surface area contributed by atoms with Crippen LogP contribution >= 0.6 is 0 Å². The highest BCUT2D eigenvalue weighted by atomic mass is 32.2. The van der Waals surface area contributed by atoms with Crippen LogP contribution in [-0.2, 0) is 19.7 Å². The molecule has 112 valence electrons. The molecule has 2 unspecified atom stereocenters. The van der Waals surface area contributed by atoms with Gasteiger partial charge in [0.25, 0.3) is 0 Å². The van der Waals surface area contributed by atoms with Gasteiger partial charge in [-0.3, -0.25) is 19.5 Å². The van der Waals surface area contributed by atoms with E-state index in [2.05, 4.69) is 11.4 Å². The fraction of sp³-hybridized carbons (Fsp3) is 0.600. The lowest BCUT2D eigenvalue weighted by molar-refractivity contribution is -0.159. The van der Waals surface area contributed by atoms with Crippen molar-refractivity contribution in [3.8, 4) is 0 Å². The summed E-state index contributed by atoms with van der Waals surface area (Å²) in [5.74, 6) is 0.572. The maximum absolute atomic E-state index is 11.3. The van der Waals surface area contributed by atoms with Crippen LogP contribution in [0.25, 0.3) is 0 Å². The number of nitrogens with one attached hydrogen (secondary N) is 1. The van der Waals surface area contributed by atoms with Gasteiger partial charge in [0, 0.05) is 5.92 Å². The zero-order chi connectivity index (χ0) is 15.3. The van der Waals surface area contributed by atoms with E-state index in [0.29, 0.717) is 5.92 Å². The van der Waals surface area contributed by atoms with E-state index in [9.17, 15) is 22.8 Å². The van der Waals surface area contributed by atoms with Crippen LogP contribution in [0.1, 0.15) is 12.8 Å². The Morgan fingerprint density at radius 3 is 1.95 bits per heavy atom. The van der Waals surface area contributed by atoms with Crippen LogP contribution in [-0.4, -0.2) is 30.3 Å². The number of rotatable bonds is 0. The fourth-order valence-electron chi connectivity index (χ4n) is 2.75. The monoisotopic (exact) mass is 313 g/mol. The standard InChI is InChI=1S/C9H9NO2.CHF3O3S/c11-7-9(8(12)10-7)4-5-1-2-6(9)3-5;2-1(3,4)8(5,6)7/h1-2,5-6H,3-4H2,(H,10,11,12);(H,5,6,7). The number of carbonyl (C=O) groups excluding carboxylic acids is 2. The Morgan fingerprint density at radius 1 is 1.25 bits per heavy atom. The van der Waals surface area contributed by atoms with Crippen molar-refractivity contribution in [3.05, 3.63) is 12.2 Å². The highest BCUT2D eigenvalue weighted by Gasteiger charge is 2.64. The minimum absolute atomic E-state index is 0.0515. The molecule has 20 heavy (non-hydrogen) atoms. The van der Waals surface area contributed by atoms with Crippen molar-refractivity contribution in [3.63, 3.8) is 0 Å². The van der Waals surface area contributed by atoms with E-state index in [1.165, 1.54) is 0 Å². The van der Waals surface area contributed by atoms with Crippen molar-refractivity contribution in [1.82, 2.24) is 5.32 Å². The topological polar surface area (TPSA) is 101 Å². The van der Waals surface area contributed by atoms with E-state index in [1.807, 2.05) is 6.08 Å². The van der Waals surface area contributed by atoms with E-state index in [4.69, 9.17) is 13.0 Å². The number of carbonyl (C=O) groups is 2. The summed E-state index contributed by atoms with van der Waals surface area (Å²) >= 11 is 0. The number of β-lactam (4-membered cyclic amide) rings is 2. The number of amides is 2. The minimum atomic E-state index is -5.84. The third-order valence-electron chi connectivity index (χ3n) is 3.72. The van der Waals surface area contributed by atoms with Gasteiger partial charge < -0.3 is 0 Å². The van der Waals surface area contributed by atoms with Crippen molar-refractivity contribution in [2.45, 2.75) is 18.3 Å². The van der Waals surface area contributed by atoms with Crippen LogP contribution in [0, 0.1) is 17.3 Å². The first-order valence-electron chi connectivity index (χ1n) is 5.56. The first-order chi connectivity index (χ1) is 8.98. The van der Waals surface area contributed by atoms with Crippen molar-refractivity contribution in [1.29, 1.82) is 0 Å². The fourth-order valence-corrected chi connectivity index (χ4v) is 2.75. The molecule has 0 radical (unpaired) electrons. The zero-order valence-corrected chi connectivity index (χ0v) is 10.7. The van der Waals surface area contributed by atoms with Crippen LogP contribution in [0.4, 0.5) is 13.2 Å². The molecule has 1 saturated carbocycles. The molecule has 2 fully saturated rings. The van der Waals surface area contributed by atoms with Gasteiger partial charge in [-0.15, -0.1) is 0 Å². The van der Waals surface area contributed by atoms with Gasteiger partial charge in [-0.25, -0.2) is 0 Å². The van der Waals surface area contributed by atoms with Crippen LogP contribution < -0.4 is 5.32 Å². The number of hydrogen-bond acceptors (Lipinski definition) is 4. The number of halogens is 3. The van der Waals surface area contributed by atoms with E-state index >= 15 is 0 Å². The average molecular weight is 313 g/mol. The summed E-state index contributed by atoms with van der Waals surface area (Å²) in [4.78, 5) is 22.6. The Morgan fingerprint density at radius 2 is 1.75 bits per heavy atom. The molecule has 1 saturated heterocycles. The molecule has 2 amide bonds. The molecule has 2 atom stereocenters. The van der Waals surface area contributed by atoms with E-state index in [1.54, 1.807) is 0 Å². The first-order valence-corrected chi connectivity index (χ1v) is 7.00. The molecule has 3 rings (SSSR count). The first kappa shape index (κ1) is 15.0. The van der Waals surface area contributed by atoms with Crippen LogP contribution in [0.3, 0.4) is 0 Å². The lowest BCUT2D eigenvalue weighted by Gasteiger charge is -2.39. The summed E-state index contributed by atoms with van der Waals surface area (Å²) in [7, 11) is -5.84. The molecule has 2 N–H and O–H groups in total. The smallest absolute Gasteiger partial charge is 0.295 e. The summed E-state index contributed by atoms with van der Waals surface area (Å²) < 4.78 is 57.5. The number of imide groups is 1. The number of allylic oxidation sites excluding steroid dienone is 2. The molecule has 6 nitrogen and oxygen atoms in total. The second kappa shape index (κ2) is 4.29. The Hall–Kier alpha value is -1.42. The van der Waals surface area contributed by atoms with Crippen LogP contribution in [0.15, 0.2) is 12.2 Å². The Bertz CT molecular complexity index is 581. The van der Waals surface area contributed by atoms with Gasteiger partial charge in [-0.05, 0) is 18.8 Å². The lowest BCUT2D eigenvalue weighted by Crippen LogP contribution is -2.65. The van der Waals surface area contributed by atoms with Crippen molar-refractivity contribution in [2.24, 2.45) is 17.3 Å². The van der Waals surface area contributed by atoms with E-state index in [0.717, 1.165) is 12.8 Å². The van der Waals surface area contributed by atoms with Crippen LogP contribution in [0.5, 0.6) is 0 Å². The predicted octanol–water partition coefficient (Wildman–Crippen LogP) is 0.619. The molecule has 1 aliphatic heterocycles. The van der Waals surface area contributed by atoms with Gasteiger partial charge in [0.1, 0.15) is 5.41 Å². The molecule has 0 aromatic rings. The quantitative estimate of drug-likeness (QED) is 0.224. The molecular weight excluding hydrogens is 303 g/mol. The average Bonchev–Trinajstić information content (AvgIpc) is 2.88. The van der Waals surface area contributed by atoms with Gasteiger partial charge in [0.05, 0.1) is 0 Å². The molecule has 0 aromatic heterocycles. The Kier molecular flexibility index (Phi) is 3.21. The maximum Gasteiger partial charge on any atom is 0.522 e. The number of fused-ring (bicyclic) bond motifs is 3. The number of alkyl halides is 3. The van der Waals surface area contributed by atoms with Gasteiger partial charge in [-0.1, -0.05) is 12.2 Å². The van der Waals surface area contributed by atoms with Gasteiger partial charge in [-0.2, -0.15) is 21.6 Å². The van der Waals surface area contributed by atoms with Crippen molar-refractivity contribution >= 4 is 21.9 Å². The molecule has 3 aliphatic rings. The van der Waals surface area contributed by atoms with Crippen molar-refractivity contribution < 1.29 is 35.7 Å². The summed E-state index contributed by atoms with van der Waals surface area (Å²) in [6, 6.07) is 0. The Labute approximate surface area is 111 Å². The van der Waals surface area contributed by atoms with E-state index in [-0.39, 0.29) is 17.7 Å². The summed E-state index contributed by atoms with van der Waals surface area (Å²) in [5.41, 5.74) is -6.16. The van der Waals surface area contributed by atoms with Gasteiger partial charge in [0.2, 0.25) is 11.8 Å². The van der Waals surface area contributed by atoms with Crippen molar-refractivity contribution in [2.75, 3.05) is 0 Å². The maximum atomic E-state index is 11.3. The SMILES string of the molecule is O=C1NC(=O)C12CC1C=CC2C1.O=S(=O)(O)C(F)(F)F. The largest absolute Gasteiger partial charge is 0.522 e.